The van der Waals surface area contributed by atoms with Crippen molar-refractivity contribution in [2.45, 2.75) is 39.7 Å². The second-order valence-electron chi connectivity index (χ2n) is 9.01. The van der Waals surface area contributed by atoms with Crippen LogP contribution in [0, 0.1) is 11.8 Å². The summed E-state index contributed by atoms with van der Waals surface area (Å²) in [5.74, 6) is -2.03. The van der Waals surface area contributed by atoms with Crippen molar-refractivity contribution in [3.05, 3.63) is 59.7 Å². The van der Waals surface area contributed by atoms with Gasteiger partial charge >= 0.3 is 12.1 Å². The van der Waals surface area contributed by atoms with E-state index in [-0.39, 0.29) is 43.5 Å². The molecule has 33 heavy (non-hydrogen) atoms. The number of nitrogens with zero attached hydrogens (tertiary/aromatic N) is 1. The minimum absolute atomic E-state index is 0.0438. The van der Waals surface area contributed by atoms with Crippen molar-refractivity contribution in [1.82, 2.24) is 10.2 Å². The van der Waals surface area contributed by atoms with E-state index < -0.39 is 18.0 Å². The van der Waals surface area contributed by atoms with Gasteiger partial charge in [0, 0.05) is 18.5 Å². The lowest BCUT2D eigenvalue weighted by Gasteiger charge is -2.31. The lowest BCUT2D eigenvalue weighted by atomic mass is 9.93. The highest BCUT2D eigenvalue weighted by molar-refractivity contribution is 5.84. The number of carboxylic acid groups (broad SMARTS) is 1. The Kier molecular flexibility index (Phi) is 7.74. The molecule has 1 aliphatic rings. The van der Waals surface area contributed by atoms with Gasteiger partial charge in [0.25, 0.3) is 0 Å². The molecule has 7 heteroatoms. The van der Waals surface area contributed by atoms with Crippen molar-refractivity contribution >= 4 is 18.0 Å². The standard InChI is InChI=1S/C26H32N2O5/c1-16(2)22(25(31)28(17(3)4)14-24(29)30)13-27-26(32)33-15-23-20-11-7-5-9-18(20)19-10-6-8-12-21(19)23/h5-12,16-17,22-23H,13-15H2,1-4H3,(H,27,32)(H,29,30). The molecule has 0 aromatic heterocycles. The molecule has 0 saturated carbocycles. The molecule has 0 fully saturated rings. The maximum absolute atomic E-state index is 13.0. The molecule has 2 amide bonds. The summed E-state index contributed by atoms with van der Waals surface area (Å²) >= 11 is 0. The van der Waals surface area contributed by atoms with Crippen molar-refractivity contribution in [2.24, 2.45) is 11.8 Å². The fraction of sp³-hybridized carbons (Fsp3) is 0.423. The molecular formula is C26H32N2O5. The van der Waals surface area contributed by atoms with Crippen molar-refractivity contribution in [3.63, 3.8) is 0 Å². The second-order valence-corrected chi connectivity index (χ2v) is 9.01. The first-order chi connectivity index (χ1) is 15.7. The summed E-state index contributed by atoms with van der Waals surface area (Å²) in [6, 6.07) is 16.0. The molecule has 1 aliphatic carbocycles. The minimum Gasteiger partial charge on any atom is -0.480 e. The van der Waals surface area contributed by atoms with Gasteiger partial charge in [-0.1, -0.05) is 62.4 Å². The topological polar surface area (TPSA) is 95.9 Å². The van der Waals surface area contributed by atoms with E-state index in [1.165, 1.54) is 4.90 Å². The first-order valence-electron chi connectivity index (χ1n) is 11.3. The summed E-state index contributed by atoms with van der Waals surface area (Å²) < 4.78 is 5.55. The first kappa shape index (κ1) is 24.3. The average Bonchev–Trinajstić information content (AvgIpc) is 3.09. The summed E-state index contributed by atoms with van der Waals surface area (Å²) in [5.41, 5.74) is 4.56. The number of amides is 2. The molecule has 2 N–H and O–H groups in total. The Hall–Kier alpha value is -3.35. The van der Waals surface area contributed by atoms with Crippen LogP contribution in [0.2, 0.25) is 0 Å². The summed E-state index contributed by atoms with van der Waals surface area (Å²) in [4.78, 5) is 38.0. The monoisotopic (exact) mass is 452 g/mol. The zero-order valence-electron chi connectivity index (χ0n) is 19.6. The number of alkyl carbamates (subject to hydrolysis) is 1. The molecule has 7 nitrogen and oxygen atoms in total. The number of hydrogen-bond acceptors (Lipinski definition) is 4. The Morgan fingerprint density at radius 1 is 0.970 bits per heavy atom. The van der Waals surface area contributed by atoms with Crippen LogP contribution in [0.4, 0.5) is 4.79 Å². The third-order valence-corrected chi connectivity index (χ3v) is 6.14. The zero-order valence-corrected chi connectivity index (χ0v) is 19.6. The quantitative estimate of drug-likeness (QED) is 0.597. The number of carboxylic acids is 1. The maximum Gasteiger partial charge on any atom is 0.407 e. The van der Waals surface area contributed by atoms with Crippen LogP contribution in [0.5, 0.6) is 0 Å². The summed E-state index contributed by atoms with van der Waals surface area (Å²) in [6.45, 7) is 7.20. The van der Waals surface area contributed by atoms with Gasteiger partial charge in [0.15, 0.2) is 0 Å². The second kappa shape index (κ2) is 10.5. The largest absolute Gasteiger partial charge is 0.480 e. The highest BCUT2D eigenvalue weighted by Crippen LogP contribution is 2.44. The number of ether oxygens (including phenoxy) is 1. The summed E-state index contributed by atoms with van der Waals surface area (Å²) in [6.07, 6.45) is -0.593. The third kappa shape index (κ3) is 5.53. The molecule has 0 saturated heterocycles. The molecule has 0 radical (unpaired) electrons. The van der Waals surface area contributed by atoms with Gasteiger partial charge in [-0.25, -0.2) is 4.79 Å². The van der Waals surface area contributed by atoms with E-state index in [4.69, 9.17) is 9.84 Å². The van der Waals surface area contributed by atoms with Crippen molar-refractivity contribution in [3.8, 4) is 11.1 Å². The van der Waals surface area contributed by atoms with Crippen molar-refractivity contribution in [1.29, 1.82) is 0 Å². The van der Waals surface area contributed by atoms with E-state index in [0.717, 1.165) is 22.3 Å². The fourth-order valence-corrected chi connectivity index (χ4v) is 4.32. The maximum atomic E-state index is 13.0. The molecule has 2 aromatic rings. The first-order valence-corrected chi connectivity index (χ1v) is 11.3. The lowest BCUT2D eigenvalue weighted by molar-refractivity contribution is -0.148. The molecule has 3 rings (SSSR count). The number of fused-ring (bicyclic) bond motifs is 3. The minimum atomic E-state index is -1.07. The Labute approximate surface area is 194 Å². The molecule has 0 bridgehead atoms. The predicted molar refractivity (Wildman–Crippen MR) is 126 cm³/mol. The van der Waals surface area contributed by atoms with E-state index in [1.807, 2.05) is 38.1 Å². The SMILES string of the molecule is CC(C)C(CNC(=O)OCC1c2ccccc2-c2ccccc21)C(=O)N(CC(=O)O)C(C)C. The van der Waals surface area contributed by atoms with Gasteiger partial charge < -0.3 is 20.1 Å². The molecule has 1 atom stereocenters. The lowest BCUT2D eigenvalue weighted by Crippen LogP contribution is -2.48. The number of hydrogen-bond donors (Lipinski definition) is 2. The fourth-order valence-electron chi connectivity index (χ4n) is 4.32. The van der Waals surface area contributed by atoms with Gasteiger partial charge in [-0.05, 0) is 42.0 Å². The highest BCUT2D eigenvalue weighted by Gasteiger charge is 2.31. The van der Waals surface area contributed by atoms with E-state index in [9.17, 15) is 14.4 Å². The van der Waals surface area contributed by atoms with Crippen molar-refractivity contribution in [2.75, 3.05) is 19.7 Å². The van der Waals surface area contributed by atoms with Gasteiger partial charge in [0.1, 0.15) is 13.2 Å². The van der Waals surface area contributed by atoms with Crippen LogP contribution in [-0.4, -0.2) is 53.7 Å². The number of benzene rings is 2. The van der Waals surface area contributed by atoms with Crippen LogP contribution in [-0.2, 0) is 14.3 Å². The Morgan fingerprint density at radius 2 is 1.52 bits per heavy atom. The van der Waals surface area contributed by atoms with Gasteiger partial charge in [0.2, 0.25) is 5.91 Å². The summed E-state index contributed by atoms with van der Waals surface area (Å²) in [7, 11) is 0. The van der Waals surface area contributed by atoms with Crippen LogP contribution in [0.25, 0.3) is 11.1 Å². The average molecular weight is 453 g/mol. The number of carbonyl (C=O) groups excluding carboxylic acids is 2. The molecule has 0 aliphatic heterocycles. The number of rotatable bonds is 9. The number of carbonyl (C=O) groups is 3. The van der Waals surface area contributed by atoms with Gasteiger partial charge in [-0.15, -0.1) is 0 Å². The molecule has 2 aromatic carbocycles. The van der Waals surface area contributed by atoms with Crippen LogP contribution >= 0.6 is 0 Å². The molecule has 1 unspecified atom stereocenters. The summed E-state index contributed by atoms with van der Waals surface area (Å²) in [5, 5.41) is 11.9. The van der Waals surface area contributed by atoms with Crippen LogP contribution < -0.4 is 5.32 Å². The Bertz CT molecular complexity index is 972. The van der Waals surface area contributed by atoms with Crippen LogP contribution in [0.3, 0.4) is 0 Å². The van der Waals surface area contributed by atoms with Gasteiger partial charge in [-0.2, -0.15) is 0 Å². The molecular weight excluding hydrogens is 420 g/mol. The zero-order chi connectivity index (χ0) is 24.1. The van der Waals surface area contributed by atoms with E-state index in [0.29, 0.717) is 0 Å². The predicted octanol–water partition coefficient (Wildman–Crippen LogP) is 4.12. The van der Waals surface area contributed by atoms with Gasteiger partial charge in [0.05, 0.1) is 5.92 Å². The van der Waals surface area contributed by atoms with E-state index in [1.54, 1.807) is 13.8 Å². The molecule has 0 heterocycles. The normalized spacial score (nSPS) is 13.4. The van der Waals surface area contributed by atoms with E-state index >= 15 is 0 Å². The highest BCUT2D eigenvalue weighted by atomic mass is 16.5. The Morgan fingerprint density at radius 3 is 2.00 bits per heavy atom. The third-order valence-electron chi connectivity index (χ3n) is 6.14. The molecule has 176 valence electrons. The smallest absolute Gasteiger partial charge is 0.407 e. The number of nitrogens with one attached hydrogen (secondary N) is 1. The van der Waals surface area contributed by atoms with Crippen LogP contribution in [0.1, 0.15) is 44.7 Å². The number of aliphatic carboxylic acids is 1. The van der Waals surface area contributed by atoms with Crippen LogP contribution in [0.15, 0.2) is 48.5 Å². The Balaban J connectivity index is 1.62. The molecule has 0 spiro atoms. The van der Waals surface area contributed by atoms with E-state index in [2.05, 4.69) is 29.6 Å². The van der Waals surface area contributed by atoms with Crippen molar-refractivity contribution < 1.29 is 24.2 Å². The van der Waals surface area contributed by atoms with Gasteiger partial charge in [-0.3, -0.25) is 9.59 Å².